The molecule has 0 radical (unpaired) electrons. The molecule has 152 valence electrons. The van der Waals surface area contributed by atoms with Gasteiger partial charge in [0, 0.05) is 18.4 Å². The van der Waals surface area contributed by atoms with Crippen molar-refractivity contribution in [3.8, 4) is 0 Å². The summed E-state index contributed by atoms with van der Waals surface area (Å²) in [6.07, 6.45) is 1.64. The third-order valence-electron chi connectivity index (χ3n) is 7.47. The Labute approximate surface area is 172 Å². The topological polar surface area (TPSA) is 70.9 Å². The predicted octanol–water partition coefficient (Wildman–Crippen LogP) is 1.15. The van der Waals surface area contributed by atoms with Crippen molar-refractivity contribution in [1.82, 2.24) is 0 Å². The molecule has 0 bridgehead atoms. The number of anilines is 2. The fourth-order valence-electron chi connectivity index (χ4n) is 6.38. The molecule has 1 spiro atoms. The Hall–Kier alpha value is -3.06. The van der Waals surface area contributed by atoms with E-state index in [-0.39, 0.29) is 23.8 Å². The fourth-order valence-corrected chi connectivity index (χ4v) is 6.38. The van der Waals surface area contributed by atoms with E-state index < -0.39 is 23.2 Å². The monoisotopic (exact) mass is 406 g/mol. The number of imide groups is 1. The maximum Gasteiger partial charge on any atom is 0.291 e. The van der Waals surface area contributed by atoms with Gasteiger partial charge in [0.25, 0.3) is 5.91 Å². The van der Waals surface area contributed by atoms with Crippen molar-refractivity contribution in [2.45, 2.75) is 31.3 Å². The molecule has 3 fully saturated rings. The molecule has 0 aromatic heterocycles. The second-order valence-electron chi connectivity index (χ2n) is 8.83. The summed E-state index contributed by atoms with van der Waals surface area (Å²) in [4.78, 5) is 42.9. The maximum atomic E-state index is 14.3. The van der Waals surface area contributed by atoms with E-state index in [0.717, 1.165) is 23.3 Å². The molecule has 7 heteroatoms. The van der Waals surface area contributed by atoms with Crippen LogP contribution < -0.4 is 15.1 Å². The van der Waals surface area contributed by atoms with Crippen molar-refractivity contribution in [1.29, 1.82) is 0 Å². The van der Waals surface area contributed by atoms with Crippen LogP contribution in [0.3, 0.4) is 0 Å². The largest absolute Gasteiger partial charge is 0.320 e. The summed E-state index contributed by atoms with van der Waals surface area (Å²) in [5, 5.41) is 2.87. The van der Waals surface area contributed by atoms with E-state index in [2.05, 4.69) is 5.32 Å². The Morgan fingerprint density at radius 1 is 1.10 bits per heavy atom. The molecule has 6 rings (SSSR count). The number of benzene rings is 2. The Balaban J connectivity index is 1.56. The van der Waals surface area contributed by atoms with Gasteiger partial charge < -0.3 is 10.2 Å². The molecule has 6 nitrogen and oxygen atoms in total. The summed E-state index contributed by atoms with van der Waals surface area (Å²) in [5.41, 5.74) is 1.34. The van der Waals surface area contributed by atoms with Gasteiger partial charge >= 0.3 is 0 Å². The Bertz CT molecular complexity index is 1130. The van der Waals surface area contributed by atoms with Crippen molar-refractivity contribution in [2.75, 3.05) is 16.8 Å². The van der Waals surface area contributed by atoms with Crippen LogP contribution in [-0.4, -0.2) is 30.3 Å². The van der Waals surface area contributed by atoms with E-state index in [1.807, 2.05) is 19.1 Å². The summed E-state index contributed by atoms with van der Waals surface area (Å²) in [5.74, 6) is -2.75. The Morgan fingerprint density at radius 3 is 2.63 bits per heavy atom. The number of hydrogen-bond donors (Lipinski definition) is 2. The lowest BCUT2D eigenvalue weighted by atomic mass is 9.75. The van der Waals surface area contributed by atoms with E-state index in [4.69, 9.17) is 0 Å². The van der Waals surface area contributed by atoms with Crippen LogP contribution >= 0.6 is 0 Å². The van der Waals surface area contributed by atoms with Crippen LogP contribution in [-0.2, 0) is 19.9 Å². The minimum atomic E-state index is -1.25. The smallest absolute Gasteiger partial charge is 0.291 e. The van der Waals surface area contributed by atoms with Crippen LogP contribution in [0.15, 0.2) is 42.5 Å². The summed E-state index contributed by atoms with van der Waals surface area (Å²) >= 11 is 0. The molecule has 0 saturated carbocycles. The highest BCUT2D eigenvalue weighted by Crippen LogP contribution is 2.52. The number of carbonyl (C=O) groups is 3. The first-order valence-electron chi connectivity index (χ1n) is 10.4. The molecule has 4 aliphatic rings. The molecule has 5 atom stereocenters. The molecular weight excluding hydrogens is 385 g/mol. The number of fused-ring (bicyclic) bond motifs is 7. The number of nitrogens with zero attached hydrogens (tertiary/aromatic N) is 1. The van der Waals surface area contributed by atoms with Gasteiger partial charge in [0.15, 0.2) is 0 Å². The third-order valence-corrected chi connectivity index (χ3v) is 7.47. The molecule has 2 N–H and O–H groups in total. The number of halogens is 1. The Morgan fingerprint density at radius 2 is 1.87 bits per heavy atom. The van der Waals surface area contributed by atoms with Crippen molar-refractivity contribution in [3.63, 3.8) is 0 Å². The van der Waals surface area contributed by atoms with Crippen molar-refractivity contribution < 1.29 is 23.7 Å². The molecule has 3 amide bonds. The van der Waals surface area contributed by atoms with Gasteiger partial charge in [-0.25, -0.2) is 9.29 Å². The van der Waals surface area contributed by atoms with Crippen LogP contribution in [0, 0.1) is 24.6 Å². The van der Waals surface area contributed by atoms with Gasteiger partial charge in [-0.1, -0.05) is 17.7 Å². The molecule has 0 aliphatic carbocycles. The first kappa shape index (κ1) is 17.8. The Kier molecular flexibility index (Phi) is 3.41. The van der Waals surface area contributed by atoms with E-state index in [0.29, 0.717) is 23.5 Å². The van der Waals surface area contributed by atoms with Crippen LogP contribution in [0.4, 0.5) is 15.8 Å². The van der Waals surface area contributed by atoms with Gasteiger partial charge in [-0.15, -0.1) is 0 Å². The number of rotatable bonds is 1. The van der Waals surface area contributed by atoms with Crippen LogP contribution in [0.2, 0.25) is 0 Å². The molecule has 3 saturated heterocycles. The number of quaternary nitrogens is 1. The van der Waals surface area contributed by atoms with Crippen LogP contribution in [0.25, 0.3) is 0 Å². The SMILES string of the molecule is Cc1ccc(N2C(=O)[C@H]3[C@@H](C2=O)[C@]2(C(=O)Nc4ccc(F)cc42)[NH+]2CCC[C@@H]32)cc1. The number of hydrogen-bond acceptors (Lipinski definition) is 3. The van der Waals surface area contributed by atoms with Gasteiger partial charge in [-0.3, -0.25) is 14.4 Å². The van der Waals surface area contributed by atoms with Gasteiger partial charge in [0.05, 0.1) is 17.9 Å². The normalized spacial score (nSPS) is 33.8. The minimum Gasteiger partial charge on any atom is -0.320 e. The second-order valence-corrected chi connectivity index (χ2v) is 8.83. The number of nitrogens with one attached hydrogen (secondary N) is 2. The van der Waals surface area contributed by atoms with Gasteiger partial charge in [0.1, 0.15) is 23.7 Å². The van der Waals surface area contributed by atoms with Gasteiger partial charge in [0.2, 0.25) is 17.4 Å². The first-order valence-corrected chi connectivity index (χ1v) is 10.4. The van der Waals surface area contributed by atoms with Crippen LogP contribution in [0.1, 0.15) is 24.0 Å². The zero-order valence-electron chi connectivity index (χ0n) is 16.4. The number of amides is 3. The summed E-state index contributed by atoms with van der Waals surface area (Å²) in [6, 6.07) is 11.3. The lowest BCUT2D eigenvalue weighted by Crippen LogP contribution is -3.19. The second kappa shape index (κ2) is 5.76. The molecular formula is C23H21FN3O3+. The number of aryl methyl sites for hydroxylation is 1. The summed E-state index contributed by atoms with van der Waals surface area (Å²) in [6.45, 7) is 2.63. The zero-order chi connectivity index (χ0) is 20.8. The lowest BCUT2D eigenvalue weighted by molar-refractivity contribution is -0.948. The van der Waals surface area contributed by atoms with Crippen LogP contribution in [0.5, 0.6) is 0 Å². The van der Waals surface area contributed by atoms with Crippen molar-refractivity contribution in [2.24, 2.45) is 11.8 Å². The van der Waals surface area contributed by atoms with E-state index >= 15 is 0 Å². The van der Waals surface area contributed by atoms with Crippen molar-refractivity contribution >= 4 is 29.1 Å². The van der Waals surface area contributed by atoms with E-state index in [1.54, 1.807) is 18.2 Å². The highest BCUT2D eigenvalue weighted by Gasteiger charge is 2.78. The minimum absolute atomic E-state index is 0.123. The fraction of sp³-hybridized carbons (Fsp3) is 0.348. The molecule has 2 aromatic rings. The van der Waals surface area contributed by atoms with E-state index in [1.165, 1.54) is 17.0 Å². The van der Waals surface area contributed by atoms with Gasteiger partial charge in [-0.05, 0) is 37.3 Å². The zero-order valence-corrected chi connectivity index (χ0v) is 16.4. The standard InChI is InChI=1S/C23H20FN3O3/c1-12-4-7-14(8-5-12)27-20(28)18-17-3-2-10-26(17)23(19(18)21(27)29)15-11-13(24)6-9-16(15)25-22(23)30/h4-9,11,17-19H,2-3,10H2,1H3,(H,25,30)/p+1/t17-,18+,19-,23+/m0/s1. The molecule has 4 heterocycles. The predicted molar refractivity (Wildman–Crippen MR) is 106 cm³/mol. The molecule has 4 aliphatic heterocycles. The number of carbonyl (C=O) groups excluding carboxylic acids is 3. The summed E-state index contributed by atoms with van der Waals surface area (Å²) in [7, 11) is 0. The highest BCUT2D eigenvalue weighted by molar-refractivity contribution is 6.25. The first-order chi connectivity index (χ1) is 14.4. The average Bonchev–Trinajstić information content (AvgIpc) is 3.42. The van der Waals surface area contributed by atoms with Crippen molar-refractivity contribution in [3.05, 3.63) is 59.4 Å². The summed E-state index contributed by atoms with van der Waals surface area (Å²) < 4.78 is 14.3. The third kappa shape index (κ3) is 1.94. The van der Waals surface area contributed by atoms with E-state index in [9.17, 15) is 18.8 Å². The quantitative estimate of drug-likeness (QED) is 0.698. The maximum absolute atomic E-state index is 14.3. The molecule has 30 heavy (non-hydrogen) atoms. The molecule has 1 unspecified atom stereocenters. The lowest BCUT2D eigenvalue weighted by Gasteiger charge is -2.33. The molecule has 2 aromatic carbocycles. The van der Waals surface area contributed by atoms with Gasteiger partial charge in [-0.2, -0.15) is 0 Å². The average molecular weight is 406 g/mol. The highest BCUT2D eigenvalue weighted by atomic mass is 19.1.